The van der Waals surface area contributed by atoms with E-state index in [0.29, 0.717) is 11.6 Å². The van der Waals surface area contributed by atoms with Crippen LogP contribution >= 0.6 is 15.9 Å². The quantitative estimate of drug-likeness (QED) is 0.725. The van der Waals surface area contributed by atoms with E-state index in [-0.39, 0.29) is 11.6 Å². The van der Waals surface area contributed by atoms with Gasteiger partial charge in [-0.2, -0.15) is 0 Å². The first-order valence-corrected chi connectivity index (χ1v) is 8.63. The van der Waals surface area contributed by atoms with Crippen molar-refractivity contribution in [1.82, 2.24) is 4.57 Å². The zero-order chi connectivity index (χ0) is 16.8. The van der Waals surface area contributed by atoms with Crippen molar-refractivity contribution in [3.63, 3.8) is 0 Å². The minimum Gasteiger partial charge on any atom is -0.464 e. The molecule has 1 aromatic carbocycles. The van der Waals surface area contributed by atoms with Crippen LogP contribution < -0.4 is 0 Å². The van der Waals surface area contributed by atoms with Gasteiger partial charge in [0.05, 0.1) is 17.2 Å². The minimum absolute atomic E-state index is 0.0795. The monoisotopic (exact) mass is 379 g/mol. The highest BCUT2D eigenvalue weighted by Crippen LogP contribution is 2.38. The predicted molar refractivity (Wildman–Crippen MR) is 94.0 cm³/mol. The molecule has 1 saturated heterocycles. The molecule has 1 unspecified atom stereocenters. The van der Waals surface area contributed by atoms with Gasteiger partial charge in [0, 0.05) is 24.6 Å². The van der Waals surface area contributed by atoms with Crippen molar-refractivity contribution < 1.29 is 14.3 Å². The van der Waals surface area contributed by atoms with E-state index < -0.39 is 0 Å². The van der Waals surface area contributed by atoms with Gasteiger partial charge >= 0.3 is 5.97 Å². The van der Waals surface area contributed by atoms with Crippen LogP contribution in [0, 0.1) is 0 Å². The summed E-state index contributed by atoms with van der Waals surface area (Å²) in [5.74, 6) is 0.155. The van der Waals surface area contributed by atoms with Gasteiger partial charge < -0.3 is 14.0 Å². The molecule has 0 bridgehead atoms. The lowest BCUT2D eigenvalue weighted by atomic mass is 9.83. The number of carbonyl (C=O) groups excluding carboxylic acids is 1. The predicted octanol–water partition coefficient (Wildman–Crippen LogP) is 4.40. The SMILES string of the molecule is COC(=O)c1c(Br)c2ccc(C3CCOC(C)(C)C3)cc2n1C. The largest absolute Gasteiger partial charge is 0.464 e. The zero-order valence-corrected chi connectivity index (χ0v) is 15.6. The van der Waals surface area contributed by atoms with E-state index in [2.05, 4.69) is 48.0 Å². The second-order valence-corrected chi connectivity index (χ2v) is 7.58. The second kappa shape index (κ2) is 5.95. The highest BCUT2D eigenvalue weighted by Gasteiger charge is 2.30. The van der Waals surface area contributed by atoms with E-state index in [1.165, 1.54) is 12.7 Å². The van der Waals surface area contributed by atoms with Crippen molar-refractivity contribution >= 4 is 32.8 Å². The first kappa shape index (κ1) is 16.5. The van der Waals surface area contributed by atoms with Crippen LogP contribution in [-0.2, 0) is 16.5 Å². The highest BCUT2D eigenvalue weighted by atomic mass is 79.9. The summed E-state index contributed by atoms with van der Waals surface area (Å²) in [4.78, 5) is 12.0. The van der Waals surface area contributed by atoms with Gasteiger partial charge in [0.15, 0.2) is 0 Å². The Hall–Kier alpha value is -1.33. The molecular weight excluding hydrogens is 358 g/mol. The summed E-state index contributed by atoms with van der Waals surface area (Å²) >= 11 is 3.54. The van der Waals surface area contributed by atoms with E-state index in [4.69, 9.17) is 9.47 Å². The molecule has 124 valence electrons. The molecule has 23 heavy (non-hydrogen) atoms. The average molecular weight is 380 g/mol. The van der Waals surface area contributed by atoms with Crippen molar-refractivity contribution in [3.05, 3.63) is 33.9 Å². The van der Waals surface area contributed by atoms with Crippen molar-refractivity contribution in [2.75, 3.05) is 13.7 Å². The maximum atomic E-state index is 12.0. The summed E-state index contributed by atoms with van der Waals surface area (Å²) < 4.78 is 13.4. The Morgan fingerprint density at radius 3 is 2.83 bits per heavy atom. The van der Waals surface area contributed by atoms with E-state index in [9.17, 15) is 4.79 Å². The van der Waals surface area contributed by atoms with Gasteiger partial charge in [-0.1, -0.05) is 12.1 Å². The lowest BCUT2D eigenvalue weighted by Gasteiger charge is -2.35. The van der Waals surface area contributed by atoms with E-state index in [0.717, 1.165) is 34.8 Å². The molecule has 2 heterocycles. The number of ether oxygens (including phenoxy) is 2. The Morgan fingerprint density at radius 1 is 1.43 bits per heavy atom. The van der Waals surface area contributed by atoms with Gasteiger partial charge in [-0.3, -0.25) is 0 Å². The average Bonchev–Trinajstić information content (AvgIpc) is 2.77. The Balaban J connectivity index is 2.05. The standard InChI is InChI=1S/C18H22BrNO3/c1-18(2)10-12(7-8-23-18)11-5-6-13-14(9-11)20(3)16(15(13)19)17(21)22-4/h5-6,9,12H,7-8,10H2,1-4H3. The first-order valence-electron chi connectivity index (χ1n) is 7.84. The summed E-state index contributed by atoms with van der Waals surface area (Å²) in [5.41, 5.74) is 2.81. The van der Waals surface area contributed by atoms with Gasteiger partial charge in [-0.05, 0) is 60.2 Å². The number of nitrogens with zero attached hydrogens (tertiary/aromatic N) is 1. The van der Waals surface area contributed by atoms with Crippen LogP contribution in [-0.4, -0.2) is 29.9 Å². The molecule has 1 aliphatic rings. The molecule has 0 N–H and O–H groups in total. The number of aryl methyl sites for hydroxylation is 1. The number of fused-ring (bicyclic) bond motifs is 1. The number of halogens is 1. The number of aromatic nitrogens is 1. The molecule has 2 aromatic rings. The third kappa shape index (κ3) is 2.92. The number of carbonyl (C=O) groups is 1. The molecule has 0 saturated carbocycles. The number of hydrogen-bond donors (Lipinski definition) is 0. The summed E-state index contributed by atoms with van der Waals surface area (Å²) in [7, 11) is 3.30. The molecule has 1 fully saturated rings. The Bertz CT molecular complexity index is 763. The highest BCUT2D eigenvalue weighted by molar-refractivity contribution is 9.10. The number of methoxy groups -OCH3 is 1. The van der Waals surface area contributed by atoms with Gasteiger partial charge in [0.1, 0.15) is 5.69 Å². The number of hydrogen-bond acceptors (Lipinski definition) is 3. The number of rotatable bonds is 2. The smallest absolute Gasteiger partial charge is 0.355 e. The molecule has 0 radical (unpaired) electrons. The molecule has 3 rings (SSSR count). The molecule has 1 atom stereocenters. The van der Waals surface area contributed by atoms with Crippen LogP contribution in [0.3, 0.4) is 0 Å². The summed E-state index contributed by atoms with van der Waals surface area (Å²) in [5, 5.41) is 1.03. The van der Waals surface area contributed by atoms with Crippen LogP contribution in [0.15, 0.2) is 22.7 Å². The summed E-state index contributed by atoms with van der Waals surface area (Å²) in [6, 6.07) is 6.45. The fraction of sp³-hybridized carbons (Fsp3) is 0.500. The van der Waals surface area contributed by atoms with Crippen LogP contribution in [0.1, 0.15) is 48.7 Å². The summed E-state index contributed by atoms with van der Waals surface area (Å²) in [6.45, 7) is 5.08. The number of benzene rings is 1. The topological polar surface area (TPSA) is 40.5 Å². The van der Waals surface area contributed by atoms with Crippen LogP contribution in [0.2, 0.25) is 0 Å². The normalized spacial score (nSPS) is 20.7. The molecule has 1 aromatic heterocycles. The van der Waals surface area contributed by atoms with E-state index in [1.54, 1.807) is 0 Å². The van der Waals surface area contributed by atoms with E-state index >= 15 is 0 Å². The second-order valence-electron chi connectivity index (χ2n) is 6.79. The Morgan fingerprint density at radius 2 is 2.17 bits per heavy atom. The van der Waals surface area contributed by atoms with E-state index in [1.807, 2.05) is 11.6 Å². The van der Waals surface area contributed by atoms with Gasteiger partial charge in [0.2, 0.25) is 0 Å². The molecule has 1 aliphatic heterocycles. The fourth-order valence-corrected chi connectivity index (χ4v) is 4.26. The molecule has 5 heteroatoms. The molecule has 4 nitrogen and oxygen atoms in total. The van der Waals surface area contributed by atoms with Crippen LogP contribution in [0.5, 0.6) is 0 Å². The fourth-order valence-electron chi connectivity index (χ4n) is 3.50. The van der Waals surface area contributed by atoms with Gasteiger partial charge in [-0.15, -0.1) is 0 Å². The molecule has 0 spiro atoms. The van der Waals surface area contributed by atoms with Crippen molar-refractivity contribution in [3.8, 4) is 0 Å². The Kier molecular flexibility index (Phi) is 4.27. The summed E-state index contributed by atoms with van der Waals surface area (Å²) in [6.07, 6.45) is 2.04. The molecular formula is C18H22BrNO3. The number of esters is 1. The zero-order valence-electron chi connectivity index (χ0n) is 14.0. The first-order chi connectivity index (χ1) is 10.8. The maximum absolute atomic E-state index is 12.0. The van der Waals surface area contributed by atoms with Crippen molar-refractivity contribution in [1.29, 1.82) is 0 Å². The minimum atomic E-state index is -0.329. The third-order valence-corrected chi connectivity index (χ3v) is 5.51. The Labute approximate surface area is 144 Å². The third-order valence-electron chi connectivity index (χ3n) is 4.71. The van der Waals surface area contributed by atoms with Crippen molar-refractivity contribution in [2.45, 2.75) is 38.2 Å². The lowest BCUT2D eigenvalue weighted by Crippen LogP contribution is -2.32. The maximum Gasteiger partial charge on any atom is 0.355 e. The molecule has 0 amide bonds. The van der Waals surface area contributed by atoms with Gasteiger partial charge in [0.25, 0.3) is 0 Å². The molecule has 0 aliphatic carbocycles. The van der Waals surface area contributed by atoms with Crippen LogP contribution in [0.4, 0.5) is 0 Å². The van der Waals surface area contributed by atoms with Gasteiger partial charge in [-0.25, -0.2) is 4.79 Å². The van der Waals surface area contributed by atoms with Crippen molar-refractivity contribution in [2.24, 2.45) is 7.05 Å². The van der Waals surface area contributed by atoms with Crippen LogP contribution in [0.25, 0.3) is 10.9 Å². The lowest BCUT2D eigenvalue weighted by molar-refractivity contribution is -0.0592.